The molecule has 2 heterocycles. The standard InChI is InChI=1S/C9H15N5O/c1-4-7(9(11)14-13-4)8(10)5-2-3-6(15)12-5/h5,8H,2-3,10H2,1H3,(H,12,15)(H3,11,13,14)/t5-,8-/m1/s1. The fraction of sp³-hybridized carbons (Fsp3) is 0.556. The van der Waals surface area contributed by atoms with Crippen LogP contribution in [0.25, 0.3) is 0 Å². The van der Waals surface area contributed by atoms with Gasteiger partial charge in [0.2, 0.25) is 5.91 Å². The Balaban J connectivity index is 2.20. The highest BCUT2D eigenvalue weighted by molar-refractivity contribution is 5.78. The number of H-pyrrole nitrogens is 1. The molecule has 1 aliphatic rings. The molecule has 2 rings (SSSR count). The number of aromatic amines is 1. The maximum atomic E-state index is 11.1. The van der Waals surface area contributed by atoms with Gasteiger partial charge in [-0.1, -0.05) is 0 Å². The molecule has 82 valence electrons. The van der Waals surface area contributed by atoms with Gasteiger partial charge in [0.25, 0.3) is 0 Å². The normalized spacial score (nSPS) is 22.8. The molecule has 0 unspecified atom stereocenters. The Labute approximate surface area is 87.4 Å². The number of hydrogen-bond acceptors (Lipinski definition) is 4. The van der Waals surface area contributed by atoms with E-state index >= 15 is 0 Å². The van der Waals surface area contributed by atoms with Crippen LogP contribution >= 0.6 is 0 Å². The van der Waals surface area contributed by atoms with E-state index in [1.54, 1.807) is 0 Å². The third kappa shape index (κ3) is 1.68. The fourth-order valence-electron chi connectivity index (χ4n) is 1.99. The van der Waals surface area contributed by atoms with Gasteiger partial charge in [-0.3, -0.25) is 9.89 Å². The summed E-state index contributed by atoms with van der Waals surface area (Å²) < 4.78 is 0. The van der Waals surface area contributed by atoms with E-state index in [4.69, 9.17) is 11.5 Å². The Morgan fingerprint density at radius 2 is 2.33 bits per heavy atom. The minimum absolute atomic E-state index is 0.0314. The average molecular weight is 209 g/mol. The van der Waals surface area contributed by atoms with Crippen LogP contribution in [0.15, 0.2) is 0 Å². The maximum Gasteiger partial charge on any atom is 0.220 e. The van der Waals surface area contributed by atoms with Crippen molar-refractivity contribution in [2.45, 2.75) is 31.8 Å². The van der Waals surface area contributed by atoms with Crippen molar-refractivity contribution in [3.63, 3.8) is 0 Å². The number of rotatable bonds is 2. The molecular weight excluding hydrogens is 194 g/mol. The van der Waals surface area contributed by atoms with E-state index in [0.29, 0.717) is 12.2 Å². The number of carbonyl (C=O) groups excluding carboxylic acids is 1. The first kappa shape index (κ1) is 9.97. The van der Waals surface area contributed by atoms with Gasteiger partial charge in [0.15, 0.2) is 0 Å². The molecule has 1 saturated heterocycles. The highest BCUT2D eigenvalue weighted by Gasteiger charge is 2.30. The molecule has 0 radical (unpaired) electrons. The van der Waals surface area contributed by atoms with Gasteiger partial charge >= 0.3 is 0 Å². The highest BCUT2D eigenvalue weighted by atomic mass is 16.1. The van der Waals surface area contributed by atoms with Crippen LogP contribution in [-0.4, -0.2) is 22.1 Å². The van der Waals surface area contributed by atoms with E-state index in [1.165, 1.54) is 0 Å². The van der Waals surface area contributed by atoms with Crippen molar-refractivity contribution >= 4 is 11.7 Å². The van der Waals surface area contributed by atoms with Crippen molar-refractivity contribution in [1.29, 1.82) is 0 Å². The van der Waals surface area contributed by atoms with Crippen LogP contribution in [0.3, 0.4) is 0 Å². The number of hydrogen-bond donors (Lipinski definition) is 4. The molecule has 6 heteroatoms. The van der Waals surface area contributed by atoms with Gasteiger partial charge in [0.05, 0.1) is 6.04 Å². The molecule has 0 aromatic carbocycles. The Kier molecular flexibility index (Phi) is 2.36. The van der Waals surface area contributed by atoms with Crippen LogP contribution in [0.5, 0.6) is 0 Å². The van der Waals surface area contributed by atoms with Gasteiger partial charge in [-0.05, 0) is 13.3 Å². The van der Waals surface area contributed by atoms with E-state index in [-0.39, 0.29) is 18.0 Å². The molecule has 6 nitrogen and oxygen atoms in total. The number of aromatic nitrogens is 2. The summed E-state index contributed by atoms with van der Waals surface area (Å²) in [5.74, 6) is 0.469. The Bertz CT molecular complexity index is 366. The minimum atomic E-state index is -0.282. The molecule has 1 aliphatic heterocycles. The van der Waals surface area contributed by atoms with Gasteiger partial charge in [-0.25, -0.2) is 0 Å². The zero-order chi connectivity index (χ0) is 11.0. The topological polar surface area (TPSA) is 110 Å². The Morgan fingerprint density at radius 1 is 1.60 bits per heavy atom. The Morgan fingerprint density at radius 3 is 2.80 bits per heavy atom. The molecule has 0 aliphatic carbocycles. The van der Waals surface area contributed by atoms with Crippen molar-refractivity contribution in [3.8, 4) is 0 Å². The zero-order valence-electron chi connectivity index (χ0n) is 8.58. The van der Waals surface area contributed by atoms with Crippen LogP contribution in [0.4, 0.5) is 5.82 Å². The van der Waals surface area contributed by atoms with Gasteiger partial charge < -0.3 is 16.8 Å². The highest BCUT2D eigenvalue weighted by Crippen LogP contribution is 2.26. The fourth-order valence-corrected chi connectivity index (χ4v) is 1.99. The lowest BCUT2D eigenvalue weighted by molar-refractivity contribution is -0.119. The lowest BCUT2D eigenvalue weighted by atomic mass is 9.99. The monoisotopic (exact) mass is 209 g/mol. The number of anilines is 1. The van der Waals surface area contributed by atoms with E-state index in [9.17, 15) is 4.79 Å². The van der Waals surface area contributed by atoms with Crippen LogP contribution < -0.4 is 16.8 Å². The number of amides is 1. The van der Waals surface area contributed by atoms with Crippen LogP contribution in [0.1, 0.15) is 30.1 Å². The first-order valence-electron chi connectivity index (χ1n) is 4.95. The summed E-state index contributed by atoms with van der Waals surface area (Å²) in [6.07, 6.45) is 1.29. The molecule has 0 spiro atoms. The van der Waals surface area contributed by atoms with E-state index in [1.807, 2.05) is 6.92 Å². The number of nitrogens with one attached hydrogen (secondary N) is 2. The van der Waals surface area contributed by atoms with Gasteiger partial charge in [0, 0.05) is 23.7 Å². The molecular formula is C9H15N5O. The van der Waals surface area contributed by atoms with E-state index in [2.05, 4.69) is 15.5 Å². The minimum Gasteiger partial charge on any atom is -0.382 e. The summed E-state index contributed by atoms with van der Waals surface area (Å²) in [5, 5.41) is 9.51. The number of aryl methyl sites for hydroxylation is 1. The van der Waals surface area contributed by atoms with Crippen LogP contribution in [0.2, 0.25) is 0 Å². The lowest BCUT2D eigenvalue weighted by Crippen LogP contribution is -2.36. The first-order chi connectivity index (χ1) is 7.09. The molecule has 6 N–H and O–H groups in total. The van der Waals surface area contributed by atoms with Gasteiger partial charge in [-0.2, -0.15) is 5.10 Å². The average Bonchev–Trinajstić information content (AvgIpc) is 2.73. The first-order valence-corrected chi connectivity index (χ1v) is 4.95. The molecule has 1 aromatic heterocycles. The van der Waals surface area contributed by atoms with Crippen molar-refractivity contribution in [3.05, 3.63) is 11.3 Å². The molecule has 15 heavy (non-hydrogen) atoms. The van der Waals surface area contributed by atoms with Crippen molar-refractivity contribution in [1.82, 2.24) is 15.5 Å². The second-order valence-electron chi connectivity index (χ2n) is 3.89. The predicted molar refractivity (Wildman–Crippen MR) is 55.8 cm³/mol. The van der Waals surface area contributed by atoms with Crippen molar-refractivity contribution < 1.29 is 4.79 Å². The van der Waals surface area contributed by atoms with Crippen molar-refractivity contribution in [2.24, 2.45) is 5.73 Å². The molecule has 0 saturated carbocycles. The van der Waals surface area contributed by atoms with E-state index in [0.717, 1.165) is 17.7 Å². The van der Waals surface area contributed by atoms with E-state index < -0.39 is 0 Å². The summed E-state index contributed by atoms with van der Waals surface area (Å²) in [4.78, 5) is 11.1. The van der Waals surface area contributed by atoms with Gasteiger partial charge in [-0.15, -0.1) is 0 Å². The quantitative estimate of drug-likeness (QED) is 0.530. The molecule has 1 fully saturated rings. The molecule has 0 bridgehead atoms. The lowest BCUT2D eigenvalue weighted by Gasteiger charge is -2.19. The number of nitrogens with two attached hydrogens (primary N) is 2. The summed E-state index contributed by atoms with van der Waals surface area (Å²) in [5.41, 5.74) is 13.4. The smallest absolute Gasteiger partial charge is 0.220 e. The summed E-state index contributed by atoms with van der Waals surface area (Å²) in [7, 11) is 0. The van der Waals surface area contributed by atoms with Crippen molar-refractivity contribution in [2.75, 3.05) is 5.73 Å². The second kappa shape index (κ2) is 3.54. The zero-order valence-corrected chi connectivity index (χ0v) is 8.58. The summed E-state index contributed by atoms with van der Waals surface area (Å²) in [6.45, 7) is 1.87. The summed E-state index contributed by atoms with van der Waals surface area (Å²) >= 11 is 0. The summed E-state index contributed by atoms with van der Waals surface area (Å²) in [6, 6.07) is -0.314. The van der Waals surface area contributed by atoms with Crippen LogP contribution in [-0.2, 0) is 4.79 Å². The number of nitrogen functional groups attached to an aromatic ring is 1. The maximum absolute atomic E-state index is 11.1. The second-order valence-corrected chi connectivity index (χ2v) is 3.89. The predicted octanol–water partition coefficient (Wildman–Crippen LogP) is -0.421. The third-order valence-electron chi connectivity index (χ3n) is 2.82. The van der Waals surface area contributed by atoms with Crippen LogP contribution in [0, 0.1) is 6.92 Å². The van der Waals surface area contributed by atoms with Gasteiger partial charge in [0.1, 0.15) is 5.82 Å². The largest absolute Gasteiger partial charge is 0.382 e. The molecule has 1 amide bonds. The Hall–Kier alpha value is -1.56. The molecule has 1 aromatic rings. The number of carbonyl (C=O) groups is 1. The SMILES string of the molecule is Cc1[nH]nc(N)c1[C@H](N)[C@H]1CCC(=O)N1. The third-order valence-corrected chi connectivity index (χ3v) is 2.82. The molecule has 2 atom stereocenters. The number of nitrogens with zero attached hydrogens (tertiary/aromatic N) is 1.